The molecule has 0 radical (unpaired) electrons. The van der Waals surface area contributed by atoms with Crippen LogP contribution in [0.4, 0.5) is 0 Å². The molecule has 0 unspecified atom stereocenters. The van der Waals surface area contributed by atoms with Crippen LogP contribution in [0.2, 0.25) is 0 Å². The van der Waals surface area contributed by atoms with E-state index in [9.17, 15) is 0 Å². The predicted octanol–water partition coefficient (Wildman–Crippen LogP) is 1.82. The van der Waals surface area contributed by atoms with Crippen LogP contribution in [0, 0.1) is 6.92 Å². The molecule has 0 bridgehead atoms. The summed E-state index contributed by atoms with van der Waals surface area (Å²) < 4.78 is 4.99. The second-order valence-corrected chi connectivity index (χ2v) is 5.24. The lowest BCUT2D eigenvalue weighted by molar-refractivity contribution is 0.199. The highest BCUT2D eigenvalue weighted by molar-refractivity contribution is 5.14. The van der Waals surface area contributed by atoms with Crippen molar-refractivity contribution in [2.24, 2.45) is 0 Å². The summed E-state index contributed by atoms with van der Waals surface area (Å²) in [6.45, 7) is 10.7. The molecule has 0 saturated heterocycles. The van der Waals surface area contributed by atoms with Crippen molar-refractivity contribution in [3.05, 3.63) is 23.3 Å². The Kier molecular flexibility index (Phi) is 5.02. The first-order valence-corrected chi connectivity index (χ1v) is 5.98. The molecule has 4 heteroatoms. The summed E-state index contributed by atoms with van der Waals surface area (Å²) in [7, 11) is 1.70. The number of aromatic nitrogens is 2. The maximum atomic E-state index is 4.99. The van der Waals surface area contributed by atoms with E-state index >= 15 is 0 Å². The molecule has 1 aromatic heterocycles. The van der Waals surface area contributed by atoms with Crippen molar-refractivity contribution in [2.45, 2.75) is 39.7 Å². The fraction of sp³-hybridized carbons (Fsp3) is 0.692. The molecule has 1 N–H and O–H groups in total. The molecule has 96 valence electrons. The van der Waals surface area contributed by atoms with E-state index in [2.05, 4.69) is 36.1 Å². The minimum atomic E-state index is -0.00665. The molecule has 1 rings (SSSR count). The van der Waals surface area contributed by atoms with Gasteiger partial charge in [0.1, 0.15) is 5.82 Å². The van der Waals surface area contributed by atoms with Crippen molar-refractivity contribution in [3.63, 3.8) is 0 Å². The standard InChI is InChI=1S/C13H23N3O/c1-10-8-11(9-14-6-7-17-5)16-12(15-10)13(2,3)4/h8,14H,6-7,9H2,1-5H3. The molecular weight excluding hydrogens is 214 g/mol. The van der Waals surface area contributed by atoms with Gasteiger partial charge in [0, 0.05) is 31.3 Å². The van der Waals surface area contributed by atoms with Crippen LogP contribution in [0.3, 0.4) is 0 Å². The number of nitrogens with zero attached hydrogens (tertiary/aromatic N) is 2. The Morgan fingerprint density at radius 1 is 1.29 bits per heavy atom. The quantitative estimate of drug-likeness (QED) is 0.794. The number of nitrogens with one attached hydrogen (secondary N) is 1. The third kappa shape index (κ3) is 4.79. The summed E-state index contributed by atoms with van der Waals surface area (Å²) in [5.74, 6) is 0.904. The van der Waals surface area contributed by atoms with Gasteiger partial charge < -0.3 is 10.1 Å². The predicted molar refractivity (Wildman–Crippen MR) is 69.1 cm³/mol. The van der Waals surface area contributed by atoms with Gasteiger partial charge >= 0.3 is 0 Å². The van der Waals surface area contributed by atoms with Crippen LogP contribution in [0.5, 0.6) is 0 Å². The van der Waals surface area contributed by atoms with Crippen LogP contribution < -0.4 is 5.32 Å². The molecule has 0 saturated carbocycles. The lowest BCUT2D eigenvalue weighted by Gasteiger charge is -2.18. The first-order chi connectivity index (χ1) is 7.93. The second kappa shape index (κ2) is 6.07. The molecule has 0 fully saturated rings. The van der Waals surface area contributed by atoms with Gasteiger partial charge in [0.05, 0.1) is 12.3 Å². The van der Waals surface area contributed by atoms with Crippen molar-refractivity contribution in [3.8, 4) is 0 Å². The molecule has 0 aliphatic carbocycles. The molecule has 0 aliphatic rings. The molecule has 0 aliphatic heterocycles. The largest absolute Gasteiger partial charge is 0.383 e. The zero-order chi connectivity index (χ0) is 12.9. The lowest BCUT2D eigenvalue weighted by Crippen LogP contribution is -2.22. The van der Waals surface area contributed by atoms with Crippen LogP contribution >= 0.6 is 0 Å². The zero-order valence-corrected chi connectivity index (χ0v) is 11.5. The van der Waals surface area contributed by atoms with Crippen LogP contribution in [-0.4, -0.2) is 30.2 Å². The van der Waals surface area contributed by atoms with Gasteiger partial charge in [0.25, 0.3) is 0 Å². The van der Waals surface area contributed by atoms with Crippen molar-refractivity contribution < 1.29 is 4.74 Å². The van der Waals surface area contributed by atoms with Gasteiger partial charge in [-0.2, -0.15) is 0 Å². The molecule has 0 atom stereocenters. The number of aryl methyl sites for hydroxylation is 1. The monoisotopic (exact) mass is 237 g/mol. The van der Waals surface area contributed by atoms with E-state index in [0.29, 0.717) is 0 Å². The van der Waals surface area contributed by atoms with Gasteiger partial charge in [-0.15, -0.1) is 0 Å². The second-order valence-electron chi connectivity index (χ2n) is 5.24. The van der Waals surface area contributed by atoms with Gasteiger partial charge in [0.2, 0.25) is 0 Å². The van der Waals surface area contributed by atoms with Gasteiger partial charge in [0.15, 0.2) is 0 Å². The van der Waals surface area contributed by atoms with E-state index in [1.54, 1.807) is 7.11 Å². The smallest absolute Gasteiger partial charge is 0.134 e. The van der Waals surface area contributed by atoms with Gasteiger partial charge in [-0.25, -0.2) is 9.97 Å². The van der Waals surface area contributed by atoms with Crippen LogP contribution in [0.15, 0.2) is 6.07 Å². The van der Waals surface area contributed by atoms with E-state index < -0.39 is 0 Å². The van der Waals surface area contributed by atoms with Gasteiger partial charge in [-0.1, -0.05) is 20.8 Å². The Labute approximate surface area is 104 Å². The molecule has 1 heterocycles. The van der Waals surface area contributed by atoms with Gasteiger partial charge in [-0.3, -0.25) is 0 Å². The SMILES string of the molecule is COCCNCc1cc(C)nc(C(C)(C)C)n1. The van der Waals surface area contributed by atoms with Crippen molar-refractivity contribution in [1.82, 2.24) is 15.3 Å². The van der Waals surface area contributed by atoms with E-state index in [1.807, 2.05) is 13.0 Å². The third-order valence-electron chi connectivity index (χ3n) is 2.37. The van der Waals surface area contributed by atoms with Crippen molar-refractivity contribution in [2.75, 3.05) is 20.3 Å². The Morgan fingerprint density at radius 3 is 2.59 bits per heavy atom. The number of hydrogen-bond acceptors (Lipinski definition) is 4. The first-order valence-electron chi connectivity index (χ1n) is 5.98. The first kappa shape index (κ1) is 14.1. The number of hydrogen-bond donors (Lipinski definition) is 1. The van der Waals surface area contributed by atoms with E-state index in [-0.39, 0.29) is 5.41 Å². The van der Waals surface area contributed by atoms with Gasteiger partial charge in [-0.05, 0) is 13.0 Å². The summed E-state index contributed by atoms with van der Waals surface area (Å²) in [4.78, 5) is 9.07. The Hall–Kier alpha value is -1.00. The molecular formula is C13H23N3O. The number of rotatable bonds is 5. The topological polar surface area (TPSA) is 47.0 Å². The van der Waals surface area contributed by atoms with E-state index in [4.69, 9.17) is 4.74 Å². The molecule has 0 amide bonds. The number of ether oxygens (including phenoxy) is 1. The molecule has 4 nitrogen and oxygen atoms in total. The van der Waals surface area contributed by atoms with E-state index in [1.165, 1.54) is 0 Å². The van der Waals surface area contributed by atoms with Crippen LogP contribution in [0.25, 0.3) is 0 Å². The number of methoxy groups -OCH3 is 1. The summed E-state index contributed by atoms with van der Waals surface area (Å²) in [6, 6.07) is 2.02. The summed E-state index contributed by atoms with van der Waals surface area (Å²) >= 11 is 0. The van der Waals surface area contributed by atoms with Crippen molar-refractivity contribution >= 4 is 0 Å². The molecule has 0 spiro atoms. The summed E-state index contributed by atoms with van der Waals surface area (Å²) in [5.41, 5.74) is 2.06. The average molecular weight is 237 g/mol. The highest BCUT2D eigenvalue weighted by Crippen LogP contribution is 2.18. The summed E-state index contributed by atoms with van der Waals surface area (Å²) in [6.07, 6.45) is 0. The molecule has 1 aromatic rings. The Morgan fingerprint density at radius 2 is 2.00 bits per heavy atom. The highest BCUT2D eigenvalue weighted by atomic mass is 16.5. The fourth-order valence-electron chi connectivity index (χ4n) is 1.45. The third-order valence-corrected chi connectivity index (χ3v) is 2.37. The van der Waals surface area contributed by atoms with E-state index in [0.717, 1.165) is 36.9 Å². The lowest BCUT2D eigenvalue weighted by atomic mass is 9.95. The van der Waals surface area contributed by atoms with Crippen LogP contribution in [-0.2, 0) is 16.7 Å². The Balaban J connectivity index is 2.69. The normalized spacial score (nSPS) is 11.8. The molecule has 17 heavy (non-hydrogen) atoms. The average Bonchev–Trinajstić information content (AvgIpc) is 2.22. The van der Waals surface area contributed by atoms with Crippen molar-refractivity contribution in [1.29, 1.82) is 0 Å². The highest BCUT2D eigenvalue weighted by Gasteiger charge is 2.18. The van der Waals surface area contributed by atoms with Crippen LogP contribution in [0.1, 0.15) is 38.0 Å². The minimum absolute atomic E-state index is 0.00665. The fourth-order valence-corrected chi connectivity index (χ4v) is 1.45. The zero-order valence-electron chi connectivity index (χ0n) is 11.5. The maximum Gasteiger partial charge on any atom is 0.134 e. The summed E-state index contributed by atoms with van der Waals surface area (Å²) in [5, 5.41) is 3.29. The minimum Gasteiger partial charge on any atom is -0.383 e. The maximum absolute atomic E-state index is 4.99. The molecule has 0 aromatic carbocycles. The Bertz CT molecular complexity index is 358.